The van der Waals surface area contributed by atoms with Gasteiger partial charge in [-0.1, -0.05) is 6.07 Å². The molecule has 0 unspecified atom stereocenters. The molecule has 0 saturated carbocycles. The summed E-state index contributed by atoms with van der Waals surface area (Å²) in [5.74, 6) is 5.11. The number of hydrazine groups is 1. The van der Waals surface area contributed by atoms with Gasteiger partial charge in [0.25, 0.3) is 11.5 Å². The summed E-state index contributed by atoms with van der Waals surface area (Å²) < 4.78 is 6.78. The topological polar surface area (TPSA) is 90.3 Å². The zero-order valence-corrected chi connectivity index (χ0v) is 9.84. The van der Waals surface area contributed by atoms with Gasteiger partial charge in [0.15, 0.2) is 0 Å². The number of hydrogen-bond donors (Lipinski definition) is 2. The van der Waals surface area contributed by atoms with Gasteiger partial charge in [-0.2, -0.15) is 0 Å². The van der Waals surface area contributed by atoms with Crippen LogP contribution in [0.25, 0.3) is 0 Å². The number of furan rings is 1. The molecule has 0 atom stereocenters. The lowest BCUT2D eigenvalue weighted by Gasteiger charge is -2.06. The van der Waals surface area contributed by atoms with E-state index in [-0.39, 0.29) is 12.1 Å². The van der Waals surface area contributed by atoms with Crippen LogP contribution in [0.4, 0.5) is 0 Å². The molecule has 0 radical (unpaired) electrons. The first-order chi connectivity index (χ1) is 8.61. The molecule has 2 heterocycles. The largest absolute Gasteiger partial charge is 0.467 e. The first-order valence-corrected chi connectivity index (χ1v) is 5.36. The average molecular weight is 247 g/mol. The molecule has 0 bridgehead atoms. The highest BCUT2D eigenvalue weighted by Crippen LogP contribution is 2.09. The molecule has 1 amide bonds. The molecular formula is C12H13N3O3. The molecule has 6 heteroatoms. The Labute approximate surface area is 103 Å². The Balaban J connectivity index is 2.27. The lowest BCUT2D eigenvalue weighted by atomic mass is 10.3. The van der Waals surface area contributed by atoms with Gasteiger partial charge in [0.1, 0.15) is 12.0 Å². The number of pyridine rings is 1. The lowest BCUT2D eigenvalue weighted by Crippen LogP contribution is -2.29. The second kappa shape index (κ2) is 4.89. The van der Waals surface area contributed by atoms with Crippen LogP contribution in [0.1, 0.15) is 21.8 Å². The third kappa shape index (κ3) is 2.33. The van der Waals surface area contributed by atoms with Crippen LogP contribution < -0.4 is 16.8 Å². The van der Waals surface area contributed by atoms with Gasteiger partial charge < -0.3 is 8.98 Å². The minimum absolute atomic E-state index is 0.115. The van der Waals surface area contributed by atoms with Crippen LogP contribution in [0, 0.1) is 6.92 Å². The number of carbonyl (C=O) groups excluding carboxylic acids is 1. The third-order valence-corrected chi connectivity index (χ3v) is 2.63. The summed E-state index contributed by atoms with van der Waals surface area (Å²) in [5, 5.41) is 0. The van der Waals surface area contributed by atoms with E-state index >= 15 is 0 Å². The van der Waals surface area contributed by atoms with Gasteiger partial charge in [0, 0.05) is 11.8 Å². The molecule has 18 heavy (non-hydrogen) atoms. The van der Waals surface area contributed by atoms with Crippen LogP contribution >= 0.6 is 0 Å². The maximum absolute atomic E-state index is 11.7. The third-order valence-electron chi connectivity index (χ3n) is 2.63. The molecule has 94 valence electrons. The van der Waals surface area contributed by atoms with Crippen molar-refractivity contribution in [3.8, 4) is 0 Å². The molecule has 6 nitrogen and oxygen atoms in total. The van der Waals surface area contributed by atoms with E-state index in [0.29, 0.717) is 11.3 Å². The number of nitrogens with one attached hydrogen (secondary N) is 1. The van der Waals surface area contributed by atoms with Crippen LogP contribution in [0.3, 0.4) is 0 Å². The number of nitrogens with two attached hydrogens (primary N) is 1. The Kier molecular flexibility index (Phi) is 3.29. The van der Waals surface area contributed by atoms with Crippen molar-refractivity contribution >= 4 is 5.91 Å². The van der Waals surface area contributed by atoms with Crippen molar-refractivity contribution in [1.29, 1.82) is 0 Å². The molecule has 2 rings (SSSR count). The van der Waals surface area contributed by atoms with Gasteiger partial charge in [-0.15, -0.1) is 0 Å². The van der Waals surface area contributed by atoms with Crippen molar-refractivity contribution in [3.05, 3.63) is 57.9 Å². The maximum Gasteiger partial charge on any atom is 0.268 e. The Hall–Kier alpha value is -2.34. The van der Waals surface area contributed by atoms with E-state index in [0.717, 1.165) is 5.69 Å². The second-order valence-corrected chi connectivity index (χ2v) is 3.87. The number of nitrogen functional groups attached to an aromatic ring is 1. The molecule has 2 aromatic rings. The predicted octanol–water partition coefficient (Wildman–Crippen LogP) is 0.402. The number of carbonyl (C=O) groups is 1. The average Bonchev–Trinajstić information content (AvgIpc) is 2.81. The lowest BCUT2D eigenvalue weighted by molar-refractivity contribution is 0.0953. The molecule has 0 fully saturated rings. The van der Waals surface area contributed by atoms with Crippen molar-refractivity contribution in [2.75, 3.05) is 0 Å². The molecule has 3 N–H and O–H groups in total. The second-order valence-electron chi connectivity index (χ2n) is 3.87. The molecule has 0 aliphatic rings. The number of nitrogens with zero attached hydrogens (tertiary/aromatic N) is 1. The summed E-state index contributed by atoms with van der Waals surface area (Å²) in [4.78, 5) is 22.9. The van der Waals surface area contributed by atoms with Crippen LogP contribution in [0.2, 0.25) is 0 Å². The minimum atomic E-state index is -0.429. The van der Waals surface area contributed by atoms with Crippen LogP contribution in [0.15, 0.2) is 39.7 Å². The molecule has 2 aromatic heterocycles. The molecule has 0 saturated heterocycles. The monoisotopic (exact) mass is 247 g/mol. The molecule has 0 spiro atoms. The van der Waals surface area contributed by atoms with Crippen molar-refractivity contribution in [2.24, 2.45) is 5.84 Å². The van der Waals surface area contributed by atoms with Gasteiger partial charge >= 0.3 is 0 Å². The smallest absolute Gasteiger partial charge is 0.268 e. The number of aromatic nitrogens is 1. The maximum atomic E-state index is 11.7. The van der Waals surface area contributed by atoms with Gasteiger partial charge in [0.2, 0.25) is 0 Å². The molecular weight excluding hydrogens is 234 g/mol. The Morgan fingerprint density at radius 3 is 2.94 bits per heavy atom. The summed E-state index contributed by atoms with van der Waals surface area (Å²) >= 11 is 0. The van der Waals surface area contributed by atoms with Crippen molar-refractivity contribution in [1.82, 2.24) is 9.99 Å². The van der Waals surface area contributed by atoms with Crippen molar-refractivity contribution in [3.63, 3.8) is 0 Å². The Bertz CT molecular complexity index is 627. The zero-order chi connectivity index (χ0) is 13.1. The van der Waals surface area contributed by atoms with Gasteiger partial charge in [-0.3, -0.25) is 15.0 Å². The summed E-state index contributed by atoms with van der Waals surface area (Å²) in [6.07, 6.45) is 1.31. The van der Waals surface area contributed by atoms with Gasteiger partial charge in [0.05, 0.1) is 12.1 Å². The highest BCUT2D eigenvalue weighted by atomic mass is 16.3. The number of hydrogen-bond acceptors (Lipinski definition) is 4. The Morgan fingerprint density at radius 1 is 1.50 bits per heavy atom. The predicted molar refractivity (Wildman–Crippen MR) is 64.9 cm³/mol. The quantitative estimate of drug-likeness (QED) is 0.466. The summed E-state index contributed by atoms with van der Waals surface area (Å²) in [6, 6.07) is 6.56. The van der Waals surface area contributed by atoms with Crippen molar-refractivity contribution in [2.45, 2.75) is 13.5 Å². The van der Waals surface area contributed by atoms with Crippen LogP contribution in [0.5, 0.6) is 0 Å². The summed E-state index contributed by atoms with van der Waals surface area (Å²) in [7, 11) is 0. The molecule has 0 aromatic carbocycles. The first kappa shape index (κ1) is 12.1. The molecule has 0 aliphatic carbocycles. The molecule has 0 aliphatic heterocycles. The van der Waals surface area contributed by atoms with E-state index in [9.17, 15) is 9.59 Å². The highest BCUT2D eigenvalue weighted by molar-refractivity contribution is 5.93. The fourth-order valence-electron chi connectivity index (χ4n) is 1.65. The van der Waals surface area contributed by atoms with Crippen molar-refractivity contribution < 1.29 is 9.21 Å². The van der Waals surface area contributed by atoms with Gasteiger partial charge in [-0.25, -0.2) is 5.84 Å². The number of aryl methyl sites for hydroxylation is 1. The Morgan fingerprint density at radius 2 is 2.28 bits per heavy atom. The number of amides is 1. The van der Waals surface area contributed by atoms with E-state index in [1.165, 1.54) is 12.3 Å². The zero-order valence-electron chi connectivity index (χ0n) is 9.84. The fourth-order valence-corrected chi connectivity index (χ4v) is 1.65. The summed E-state index contributed by atoms with van der Waals surface area (Å²) in [6.45, 7) is 2.11. The van der Waals surface area contributed by atoms with E-state index in [1.807, 2.05) is 18.4 Å². The normalized spacial score (nSPS) is 10.3. The SMILES string of the molecule is Cc1cccc(=O)n1Cc1cc(C(=O)NN)co1. The minimum Gasteiger partial charge on any atom is -0.467 e. The van der Waals surface area contributed by atoms with E-state index in [1.54, 1.807) is 16.7 Å². The number of rotatable bonds is 3. The van der Waals surface area contributed by atoms with Gasteiger partial charge in [-0.05, 0) is 19.1 Å². The van der Waals surface area contributed by atoms with E-state index in [2.05, 4.69) is 0 Å². The van der Waals surface area contributed by atoms with E-state index in [4.69, 9.17) is 10.3 Å². The first-order valence-electron chi connectivity index (χ1n) is 5.36. The highest BCUT2D eigenvalue weighted by Gasteiger charge is 2.10. The summed E-state index contributed by atoms with van der Waals surface area (Å²) in [5.41, 5.74) is 3.05. The van der Waals surface area contributed by atoms with E-state index < -0.39 is 5.91 Å². The van der Waals surface area contributed by atoms with Crippen LogP contribution in [-0.4, -0.2) is 10.5 Å². The standard InChI is InChI=1S/C12H13N3O3/c1-8-3-2-4-11(16)15(8)6-10-5-9(7-18-10)12(17)14-13/h2-5,7H,6,13H2,1H3,(H,14,17). The fraction of sp³-hybridized carbons (Fsp3) is 0.167. The van der Waals surface area contributed by atoms with Crippen LogP contribution in [-0.2, 0) is 6.54 Å².